The van der Waals surface area contributed by atoms with Gasteiger partial charge in [0.05, 0.1) is 12.5 Å². The molecular weight excluding hydrogens is 464 g/mol. The molecule has 36 heavy (non-hydrogen) atoms. The Labute approximate surface area is 206 Å². The van der Waals surface area contributed by atoms with Crippen LogP contribution in [0.5, 0.6) is 0 Å². The summed E-state index contributed by atoms with van der Waals surface area (Å²) in [6.07, 6.45) is 0. The second kappa shape index (κ2) is 10.7. The number of fused-ring (bicyclic) bond motifs is 1. The summed E-state index contributed by atoms with van der Waals surface area (Å²) >= 11 is 0. The molecule has 0 bridgehead atoms. The number of rotatable bonds is 9. The average molecular weight is 491 g/mol. The van der Waals surface area contributed by atoms with Crippen LogP contribution in [0.3, 0.4) is 0 Å². The summed E-state index contributed by atoms with van der Waals surface area (Å²) in [6.45, 7) is 3.16. The minimum Gasteiger partial charge on any atom is -0.428 e. The molecule has 0 aliphatic heterocycles. The lowest BCUT2D eigenvalue weighted by Crippen LogP contribution is -2.19. The molecule has 4 rings (SSSR count). The number of H-pyrrole nitrogens is 1. The summed E-state index contributed by atoms with van der Waals surface area (Å²) in [7, 11) is 0. The zero-order valence-electron chi connectivity index (χ0n) is 19.9. The minimum atomic E-state index is -0.605. The van der Waals surface area contributed by atoms with Crippen LogP contribution in [0.4, 0.5) is 11.8 Å². The van der Waals surface area contributed by atoms with E-state index in [1.165, 1.54) is 11.5 Å². The van der Waals surface area contributed by atoms with E-state index in [-0.39, 0.29) is 18.1 Å². The number of carbonyl (C=O) groups excluding carboxylic acids is 2. The number of hydrogen-bond donors (Lipinski definition) is 3. The van der Waals surface area contributed by atoms with Crippen LogP contribution in [0.25, 0.3) is 11.2 Å². The van der Waals surface area contributed by atoms with Gasteiger partial charge in [-0.15, -0.1) is 0 Å². The van der Waals surface area contributed by atoms with Crippen molar-refractivity contribution in [3.05, 3.63) is 81.8 Å². The number of nitrogens with one attached hydrogen (secondary N) is 2. The van der Waals surface area contributed by atoms with E-state index in [0.29, 0.717) is 29.2 Å². The predicted octanol–water partition coefficient (Wildman–Crippen LogP) is 2.53. The van der Waals surface area contributed by atoms with Gasteiger partial charge in [0.25, 0.3) is 0 Å². The number of carbonyl (C=O) groups is 2. The molecule has 11 heteroatoms. The molecule has 0 amide bonds. The Morgan fingerprint density at radius 3 is 2.58 bits per heavy atom. The van der Waals surface area contributed by atoms with Crippen LogP contribution in [-0.2, 0) is 32.2 Å². The van der Waals surface area contributed by atoms with Crippen LogP contribution in [-0.4, -0.2) is 38.3 Å². The summed E-state index contributed by atoms with van der Waals surface area (Å²) < 4.78 is 11.1. The van der Waals surface area contributed by atoms with Crippen LogP contribution in [0.15, 0.2) is 59.4 Å². The van der Waals surface area contributed by atoms with Crippen molar-refractivity contribution < 1.29 is 19.1 Å². The van der Waals surface area contributed by atoms with Crippen molar-refractivity contribution in [1.82, 2.24) is 19.5 Å². The van der Waals surface area contributed by atoms with Gasteiger partial charge in [0.15, 0.2) is 11.5 Å². The Bertz CT molecular complexity index is 1450. The molecule has 186 valence electrons. The average Bonchev–Trinajstić information content (AvgIpc) is 3.18. The quantitative estimate of drug-likeness (QED) is 0.237. The fourth-order valence-electron chi connectivity index (χ4n) is 3.63. The largest absolute Gasteiger partial charge is 0.428 e. The van der Waals surface area contributed by atoms with Gasteiger partial charge in [0, 0.05) is 13.5 Å². The minimum absolute atomic E-state index is 0.157. The normalized spacial score (nSPS) is 11.7. The van der Waals surface area contributed by atoms with Gasteiger partial charge >= 0.3 is 17.6 Å². The van der Waals surface area contributed by atoms with Crippen LogP contribution in [0.2, 0.25) is 0 Å². The second-order valence-corrected chi connectivity index (χ2v) is 8.17. The summed E-state index contributed by atoms with van der Waals surface area (Å²) in [5.41, 5.74) is 8.93. The molecule has 2 aromatic carbocycles. The van der Waals surface area contributed by atoms with Gasteiger partial charge in [0.2, 0.25) is 12.7 Å². The van der Waals surface area contributed by atoms with Crippen LogP contribution in [0.1, 0.15) is 36.5 Å². The topological polar surface area (TPSA) is 154 Å². The van der Waals surface area contributed by atoms with Crippen molar-refractivity contribution in [1.29, 1.82) is 0 Å². The highest BCUT2D eigenvalue weighted by Gasteiger charge is 2.19. The van der Waals surface area contributed by atoms with E-state index in [1.807, 2.05) is 42.5 Å². The maximum absolute atomic E-state index is 12.7. The highest BCUT2D eigenvalue weighted by molar-refractivity contribution is 5.83. The first-order valence-corrected chi connectivity index (χ1v) is 11.2. The van der Waals surface area contributed by atoms with Gasteiger partial charge in [-0.1, -0.05) is 54.6 Å². The van der Waals surface area contributed by atoms with Gasteiger partial charge in [-0.2, -0.15) is 9.97 Å². The number of nitrogen functional groups attached to an aromatic ring is 1. The number of hydrogen-bond acceptors (Lipinski definition) is 9. The van der Waals surface area contributed by atoms with Crippen molar-refractivity contribution >= 4 is 34.9 Å². The van der Waals surface area contributed by atoms with Crippen molar-refractivity contribution in [2.45, 2.75) is 32.9 Å². The first-order valence-electron chi connectivity index (χ1n) is 11.2. The van der Waals surface area contributed by atoms with Gasteiger partial charge in [0.1, 0.15) is 5.52 Å². The zero-order valence-corrected chi connectivity index (χ0v) is 19.9. The molecule has 4 aromatic rings. The van der Waals surface area contributed by atoms with E-state index in [1.54, 1.807) is 19.1 Å². The first-order chi connectivity index (χ1) is 17.3. The molecule has 2 aromatic heterocycles. The number of nitrogens with two attached hydrogens (primary N) is 1. The number of anilines is 2. The SMILES string of the molecule is CC(=O)OCOC(=O)C(C)c1cccc(Cn2c(=O)[nH]c3c(N)nc(NCc4ccccc4)nc32)c1. The third-order valence-corrected chi connectivity index (χ3v) is 5.55. The Kier molecular flexibility index (Phi) is 7.28. The van der Waals surface area contributed by atoms with Crippen molar-refractivity contribution in [2.75, 3.05) is 17.8 Å². The molecule has 1 atom stereocenters. The van der Waals surface area contributed by atoms with E-state index in [4.69, 9.17) is 10.5 Å². The lowest BCUT2D eigenvalue weighted by atomic mass is 9.99. The van der Waals surface area contributed by atoms with Crippen molar-refractivity contribution in [3.8, 4) is 0 Å². The van der Waals surface area contributed by atoms with Crippen molar-refractivity contribution in [2.24, 2.45) is 0 Å². The molecule has 4 N–H and O–H groups in total. The lowest BCUT2D eigenvalue weighted by Gasteiger charge is -2.13. The van der Waals surface area contributed by atoms with E-state index in [0.717, 1.165) is 11.1 Å². The molecule has 0 aliphatic rings. The fraction of sp³-hybridized carbons (Fsp3) is 0.240. The predicted molar refractivity (Wildman–Crippen MR) is 133 cm³/mol. The molecular formula is C25H26N6O5. The highest BCUT2D eigenvalue weighted by Crippen LogP contribution is 2.21. The van der Waals surface area contributed by atoms with E-state index >= 15 is 0 Å². The Balaban J connectivity index is 1.55. The second-order valence-electron chi connectivity index (χ2n) is 8.17. The fourth-order valence-corrected chi connectivity index (χ4v) is 3.63. The van der Waals surface area contributed by atoms with Gasteiger partial charge in [-0.3, -0.25) is 14.2 Å². The lowest BCUT2D eigenvalue weighted by molar-refractivity contribution is -0.166. The third kappa shape index (κ3) is 5.69. The Morgan fingerprint density at radius 2 is 1.83 bits per heavy atom. The van der Waals surface area contributed by atoms with Crippen LogP contribution >= 0.6 is 0 Å². The number of imidazole rings is 1. The molecule has 0 radical (unpaired) electrons. The third-order valence-electron chi connectivity index (χ3n) is 5.55. The Morgan fingerprint density at radius 1 is 1.08 bits per heavy atom. The van der Waals surface area contributed by atoms with E-state index in [2.05, 4.69) is 25.0 Å². The summed E-state index contributed by atoms with van der Waals surface area (Å²) in [4.78, 5) is 47.4. The standard InChI is InChI=1S/C25H26N6O5/c1-15(23(33)36-14-35-16(2)32)19-10-6-9-18(11-19)13-31-22-20(28-25(31)34)21(26)29-24(30-22)27-12-17-7-4-3-5-8-17/h3-11,15H,12-14H2,1-2H3,(H,28,34)(H3,26,27,29,30). The van der Waals surface area contributed by atoms with Crippen LogP contribution < -0.4 is 16.7 Å². The maximum Gasteiger partial charge on any atom is 0.328 e. The Hall–Kier alpha value is -4.67. The van der Waals surface area contributed by atoms with E-state index < -0.39 is 24.6 Å². The zero-order chi connectivity index (χ0) is 25.7. The monoisotopic (exact) mass is 490 g/mol. The molecule has 0 saturated carbocycles. The molecule has 0 saturated heterocycles. The number of esters is 2. The maximum atomic E-state index is 12.7. The number of aromatic amines is 1. The highest BCUT2D eigenvalue weighted by atomic mass is 16.7. The van der Waals surface area contributed by atoms with Gasteiger partial charge in [-0.25, -0.2) is 4.79 Å². The molecule has 11 nitrogen and oxygen atoms in total. The number of aromatic nitrogens is 4. The smallest absolute Gasteiger partial charge is 0.328 e. The van der Waals surface area contributed by atoms with Gasteiger partial charge in [-0.05, 0) is 23.6 Å². The van der Waals surface area contributed by atoms with E-state index in [9.17, 15) is 14.4 Å². The van der Waals surface area contributed by atoms with Crippen molar-refractivity contribution in [3.63, 3.8) is 0 Å². The van der Waals surface area contributed by atoms with Crippen LogP contribution in [0, 0.1) is 0 Å². The molecule has 2 heterocycles. The number of nitrogens with zero attached hydrogens (tertiary/aromatic N) is 3. The summed E-state index contributed by atoms with van der Waals surface area (Å²) in [5, 5.41) is 3.14. The first kappa shape index (κ1) is 24.5. The molecule has 1 unspecified atom stereocenters. The summed E-state index contributed by atoms with van der Waals surface area (Å²) in [6, 6.07) is 17.0. The molecule has 0 fully saturated rings. The van der Waals surface area contributed by atoms with Gasteiger partial charge < -0.3 is 25.5 Å². The number of ether oxygens (including phenoxy) is 2. The summed E-state index contributed by atoms with van der Waals surface area (Å²) in [5.74, 6) is -1.22. The molecule has 0 aliphatic carbocycles. The molecule has 0 spiro atoms. The number of benzene rings is 2.